The number of unbranched alkanes of at least 4 members (excludes halogenated alkanes) is 20. The first kappa shape index (κ1) is 42.9. The third-order valence-corrected chi connectivity index (χ3v) is 8.49. The molecule has 1 rings (SSSR count). The average Bonchev–Trinajstić information content (AvgIpc) is 3.07. The summed E-state index contributed by atoms with van der Waals surface area (Å²) in [7, 11) is 0. The van der Waals surface area contributed by atoms with Gasteiger partial charge in [0.25, 0.3) is 5.69 Å². The molecule has 10 nitrogen and oxygen atoms in total. The van der Waals surface area contributed by atoms with E-state index in [1.807, 2.05) is 0 Å². The van der Waals surface area contributed by atoms with Crippen LogP contribution < -0.4 is 4.74 Å². The summed E-state index contributed by atoms with van der Waals surface area (Å²) in [6.07, 6.45) is 25.9. The molecule has 48 heavy (non-hydrogen) atoms. The van der Waals surface area contributed by atoms with Crippen LogP contribution in [0.5, 0.6) is 5.75 Å². The smallest absolute Gasteiger partial charge is 0.418 e. The van der Waals surface area contributed by atoms with Crippen LogP contribution >= 0.6 is 0 Å². The lowest BCUT2D eigenvalue weighted by molar-refractivity contribution is -0.384. The second kappa shape index (κ2) is 29.9. The van der Waals surface area contributed by atoms with E-state index in [4.69, 9.17) is 14.2 Å². The summed E-state index contributed by atoms with van der Waals surface area (Å²) in [5.41, 5.74) is -0.132. The van der Waals surface area contributed by atoms with Gasteiger partial charge >= 0.3 is 18.0 Å². The summed E-state index contributed by atoms with van der Waals surface area (Å²) < 4.78 is 16.1. The normalized spacial score (nSPS) is 10.9. The number of esters is 2. The first-order valence-electron chi connectivity index (χ1n) is 18.9. The second-order valence-corrected chi connectivity index (χ2v) is 12.8. The van der Waals surface area contributed by atoms with Crippen LogP contribution in [0.1, 0.15) is 168 Å². The molecule has 0 spiro atoms. The first-order chi connectivity index (χ1) is 23.4. The molecule has 0 radical (unpaired) electrons. The van der Waals surface area contributed by atoms with E-state index in [2.05, 4.69) is 13.8 Å². The van der Waals surface area contributed by atoms with Crippen LogP contribution in [0.25, 0.3) is 0 Å². The van der Waals surface area contributed by atoms with E-state index < -0.39 is 17.0 Å². The van der Waals surface area contributed by atoms with E-state index in [9.17, 15) is 24.5 Å². The number of hydrogen-bond acceptors (Lipinski definition) is 8. The van der Waals surface area contributed by atoms with Crippen LogP contribution in [0.2, 0.25) is 0 Å². The molecule has 0 fully saturated rings. The van der Waals surface area contributed by atoms with Crippen molar-refractivity contribution in [2.75, 3.05) is 19.9 Å². The second-order valence-electron chi connectivity index (χ2n) is 12.8. The van der Waals surface area contributed by atoms with Gasteiger partial charge in [-0.2, -0.15) is 0 Å². The van der Waals surface area contributed by atoms with Crippen LogP contribution in [0.4, 0.5) is 10.5 Å². The van der Waals surface area contributed by atoms with Gasteiger partial charge < -0.3 is 14.2 Å². The Kier molecular flexibility index (Phi) is 26.7. The molecule has 0 aromatic heterocycles. The van der Waals surface area contributed by atoms with Crippen molar-refractivity contribution in [3.05, 3.63) is 34.4 Å². The largest absolute Gasteiger partial charge is 0.464 e. The molecule has 0 atom stereocenters. The van der Waals surface area contributed by atoms with Gasteiger partial charge in [-0.25, -0.2) is 4.79 Å². The lowest BCUT2D eigenvalue weighted by Gasteiger charge is -2.21. The van der Waals surface area contributed by atoms with Gasteiger partial charge in [0.05, 0.1) is 11.5 Å². The minimum atomic E-state index is -0.812. The molecule has 0 saturated carbocycles. The van der Waals surface area contributed by atoms with Crippen LogP contribution in [0.15, 0.2) is 24.3 Å². The highest BCUT2D eigenvalue weighted by Gasteiger charge is 2.19. The van der Waals surface area contributed by atoms with Gasteiger partial charge in [-0.1, -0.05) is 142 Å². The summed E-state index contributed by atoms with van der Waals surface area (Å²) in [4.78, 5) is 49.1. The molecule has 1 aromatic carbocycles. The summed E-state index contributed by atoms with van der Waals surface area (Å²) in [6.45, 7) is 4.01. The summed E-state index contributed by atoms with van der Waals surface area (Å²) >= 11 is 0. The Balaban J connectivity index is 2.37. The molecule has 1 aromatic rings. The zero-order valence-electron chi connectivity index (χ0n) is 30.1. The van der Waals surface area contributed by atoms with Gasteiger partial charge in [0, 0.05) is 25.0 Å². The van der Waals surface area contributed by atoms with Crippen molar-refractivity contribution in [3.8, 4) is 5.75 Å². The number of non-ortho nitro benzene ring substituents is 1. The van der Waals surface area contributed by atoms with Crippen molar-refractivity contribution >= 4 is 23.7 Å². The fourth-order valence-corrected chi connectivity index (χ4v) is 5.44. The number of rotatable bonds is 31. The highest BCUT2D eigenvalue weighted by molar-refractivity contribution is 5.72. The maximum absolute atomic E-state index is 12.9. The summed E-state index contributed by atoms with van der Waals surface area (Å²) in [6, 6.07) is 5.11. The molecule has 10 heteroatoms. The maximum Gasteiger partial charge on any atom is 0.418 e. The van der Waals surface area contributed by atoms with Gasteiger partial charge in [-0.3, -0.25) is 24.6 Å². The number of hydrogen-bond donors (Lipinski definition) is 0. The maximum atomic E-state index is 12.9. The van der Waals surface area contributed by atoms with Crippen molar-refractivity contribution in [1.82, 2.24) is 4.90 Å². The number of nitro benzene ring substituents is 1. The molecule has 0 bridgehead atoms. The molecule has 0 aliphatic rings. The van der Waals surface area contributed by atoms with Gasteiger partial charge in [-0.05, 0) is 25.0 Å². The number of carbonyl (C=O) groups excluding carboxylic acids is 3. The third kappa shape index (κ3) is 24.0. The molecule has 0 aliphatic carbocycles. The van der Waals surface area contributed by atoms with Gasteiger partial charge in [-0.15, -0.1) is 0 Å². The monoisotopic (exact) mass is 676 g/mol. The van der Waals surface area contributed by atoms with Crippen LogP contribution in [0, 0.1) is 10.1 Å². The first-order valence-corrected chi connectivity index (χ1v) is 18.9. The molecule has 0 aliphatic heterocycles. The summed E-state index contributed by atoms with van der Waals surface area (Å²) in [5, 5.41) is 10.9. The van der Waals surface area contributed by atoms with E-state index in [-0.39, 0.29) is 43.7 Å². The Labute approximate surface area is 289 Å². The van der Waals surface area contributed by atoms with E-state index in [1.165, 1.54) is 127 Å². The van der Waals surface area contributed by atoms with Crippen molar-refractivity contribution in [2.45, 2.75) is 168 Å². The minimum absolute atomic E-state index is 0.0263. The Hall–Kier alpha value is -3.17. The quantitative estimate of drug-likeness (QED) is 0.0250. The van der Waals surface area contributed by atoms with Gasteiger partial charge in [0.1, 0.15) is 12.4 Å². The van der Waals surface area contributed by atoms with Gasteiger partial charge in [0.15, 0.2) is 6.73 Å². The lowest BCUT2D eigenvalue weighted by Crippen LogP contribution is -2.39. The van der Waals surface area contributed by atoms with Crippen molar-refractivity contribution in [3.63, 3.8) is 0 Å². The predicted molar refractivity (Wildman–Crippen MR) is 190 cm³/mol. The standard InChI is InChI=1S/C38H64N2O8/c1-3-5-7-9-11-13-15-17-19-21-23-25-36(41)46-32-31-39(38(43)48-35-29-27-34(28-30-35)40(44)45)33-47-37(42)26-24-22-20-18-16-14-12-10-8-6-4-2/h27-30H,3-26,31-33H2,1-2H3. The Morgan fingerprint density at radius 2 is 1.00 bits per heavy atom. The lowest BCUT2D eigenvalue weighted by atomic mass is 10.1. The van der Waals surface area contributed by atoms with Crippen LogP contribution in [0.3, 0.4) is 0 Å². The molecule has 0 heterocycles. The Morgan fingerprint density at radius 1 is 0.604 bits per heavy atom. The Morgan fingerprint density at radius 3 is 1.42 bits per heavy atom. The molecule has 0 saturated heterocycles. The zero-order chi connectivity index (χ0) is 35.1. The highest BCUT2D eigenvalue weighted by atomic mass is 16.6. The zero-order valence-corrected chi connectivity index (χ0v) is 30.1. The number of benzene rings is 1. The molecule has 1 amide bonds. The summed E-state index contributed by atoms with van der Waals surface area (Å²) in [5.74, 6) is -0.632. The molecule has 0 N–H and O–H groups in total. The molecule has 0 unspecified atom stereocenters. The number of nitro groups is 1. The Bertz CT molecular complexity index is 985. The number of nitrogens with zero attached hydrogens (tertiary/aromatic N) is 2. The van der Waals surface area contributed by atoms with Crippen molar-refractivity contribution in [1.29, 1.82) is 0 Å². The van der Waals surface area contributed by atoms with E-state index in [1.54, 1.807) is 0 Å². The van der Waals surface area contributed by atoms with Crippen LogP contribution in [-0.2, 0) is 19.1 Å². The fraction of sp³-hybridized carbons (Fsp3) is 0.763. The molecular formula is C38H64N2O8. The number of amides is 1. The fourth-order valence-electron chi connectivity index (χ4n) is 5.44. The topological polar surface area (TPSA) is 125 Å². The highest BCUT2D eigenvalue weighted by Crippen LogP contribution is 2.19. The van der Waals surface area contributed by atoms with Crippen molar-refractivity contribution in [2.24, 2.45) is 0 Å². The van der Waals surface area contributed by atoms with Gasteiger partial charge in [0.2, 0.25) is 0 Å². The van der Waals surface area contributed by atoms with E-state index >= 15 is 0 Å². The number of ether oxygens (including phenoxy) is 3. The van der Waals surface area contributed by atoms with Crippen LogP contribution in [-0.4, -0.2) is 47.7 Å². The van der Waals surface area contributed by atoms with E-state index in [0.29, 0.717) is 6.42 Å². The minimum Gasteiger partial charge on any atom is -0.464 e. The third-order valence-electron chi connectivity index (χ3n) is 8.49. The number of carbonyl (C=O) groups is 3. The van der Waals surface area contributed by atoms with Crippen molar-refractivity contribution < 1.29 is 33.5 Å². The SMILES string of the molecule is CCCCCCCCCCCCCC(=O)OCCN(COC(=O)CCCCCCCCCCCCC)C(=O)Oc1ccc([N+](=O)[O-])cc1. The molecule has 274 valence electrons. The average molecular weight is 677 g/mol. The van der Waals surface area contributed by atoms with E-state index in [0.717, 1.165) is 43.4 Å². The molecular weight excluding hydrogens is 612 g/mol. The predicted octanol–water partition coefficient (Wildman–Crippen LogP) is 10.8.